The van der Waals surface area contributed by atoms with Crippen molar-refractivity contribution in [2.24, 2.45) is 0 Å². The van der Waals surface area contributed by atoms with Crippen molar-refractivity contribution in [1.29, 1.82) is 5.26 Å². The number of imidazole rings is 1. The quantitative estimate of drug-likeness (QED) is 0.769. The Kier molecular flexibility index (Phi) is 4.40. The third kappa shape index (κ3) is 2.90. The van der Waals surface area contributed by atoms with E-state index < -0.39 is 0 Å². The second-order valence-electron chi connectivity index (χ2n) is 6.53. The molecule has 0 aliphatic heterocycles. The molecule has 0 aromatic carbocycles. The van der Waals surface area contributed by atoms with Gasteiger partial charge in [-0.05, 0) is 38.5 Å². The molecule has 0 N–H and O–H groups in total. The van der Waals surface area contributed by atoms with Gasteiger partial charge < -0.3 is 0 Å². The van der Waals surface area contributed by atoms with Gasteiger partial charge in [0.15, 0.2) is 6.54 Å². The Bertz CT molecular complexity index is 435. The summed E-state index contributed by atoms with van der Waals surface area (Å²) in [5.41, 5.74) is 1.51. The smallest absolute Gasteiger partial charge is 0.231 e. The number of aromatic nitrogens is 2. The summed E-state index contributed by atoms with van der Waals surface area (Å²) < 4.78 is 4.63. The Morgan fingerprint density at radius 1 is 1.05 bits per heavy atom. The van der Waals surface area contributed by atoms with Crippen molar-refractivity contribution in [3.05, 3.63) is 18.2 Å². The molecule has 0 amide bonds. The number of nitrogens with zero attached hydrogens (tertiary/aromatic N) is 3. The molecule has 0 radical (unpaired) electrons. The van der Waals surface area contributed by atoms with E-state index in [1.807, 2.05) is 0 Å². The van der Waals surface area contributed by atoms with E-state index in [9.17, 15) is 0 Å². The molecule has 3 nitrogen and oxygen atoms in total. The average molecular weight is 272 g/mol. The molecule has 0 saturated heterocycles. The summed E-state index contributed by atoms with van der Waals surface area (Å²) in [4.78, 5) is 0. The summed E-state index contributed by atoms with van der Waals surface area (Å²) in [5, 5.41) is 8.96. The summed E-state index contributed by atoms with van der Waals surface area (Å²) in [5.74, 6) is 0.727. The molecule has 2 saturated carbocycles. The van der Waals surface area contributed by atoms with E-state index in [-0.39, 0.29) is 0 Å². The van der Waals surface area contributed by atoms with Crippen LogP contribution >= 0.6 is 0 Å². The highest BCUT2D eigenvalue weighted by Gasteiger charge is 2.29. The van der Waals surface area contributed by atoms with E-state index in [0.29, 0.717) is 12.6 Å². The molecule has 20 heavy (non-hydrogen) atoms. The van der Waals surface area contributed by atoms with Gasteiger partial charge in [0.2, 0.25) is 6.33 Å². The van der Waals surface area contributed by atoms with E-state index in [0.717, 1.165) is 5.92 Å². The van der Waals surface area contributed by atoms with Crippen molar-refractivity contribution in [1.82, 2.24) is 4.57 Å². The lowest BCUT2D eigenvalue weighted by Gasteiger charge is -2.24. The molecule has 3 rings (SSSR count). The van der Waals surface area contributed by atoms with Crippen molar-refractivity contribution >= 4 is 0 Å². The number of hydrogen-bond acceptors (Lipinski definition) is 1. The van der Waals surface area contributed by atoms with E-state index in [1.54, 1.807) is 0 Å². The van der Waals surface area contributed by atoms with Crippen LogP contribution in [0.4, 0.5) is 0 Å². The second-order valence-corrected chi connectivity index (χ2v) is 6.53. The average Bonchev–Trinajstić information content (AvgIpc) is 2.93. The predicted octanol–water partition coefficient (Wildman–Crippen LogP) is 3.85. The maximum atomic E-state index is 8.96. The zero-order valence-electron chi connectivity index (χ0n) is 12.4. The van der Waals surface area contributed by atoms with Crippen molar-refractivity contribution in [3.63, 3.8) is 0 Å². The van der Waals surface area contributed by atoms with Gasteiger partial charge in [-0.15, -0.1) is 0 Å². The first-order chi connectivity index (χ1) is 9.88. The molecular weight excluding hydrogens is 246 g/mol. The zero-order valence-corrected chi connectivity index (χ0v) is 12.4. The van der Waals surface area contributed by atoms with Crippen LogP contribution in [0.2, 0.25) is 0 Å². The first-order valence-electron chi connectivity index (χ1n) is 8.36. The van der Waals surface area contributed by atoms with Gasteiger partial charge in [0.25, 0.3) is 0 Å². The number of rotatable bonds is 3. The third-order valence-electron chi connectivity index (χ3n) is 5.11. The normalized spacial score (nSPS) is 21.8. The molecule has 0 spiro atoms. The number of hydrogen-bond donors (Lipinski definition) is 0. The fraction of sp³-hybridized carbons (Fsp3) is 0.765. The lowest BCUT2D eigenvalue weighted by Crippen LogP contribution is -2.30. The minimum atomic E-state index is 0.486. The van der Waals surface area contributed by atoms with Gasteiger partial charge >= 0.3 is 0 Å². The number of nitriles is 1. The van der Waals surface area contributed by atoms with Gasteiger partial charge in [-0.3, -0.25) is 0 Å². The fourth-order valence-corrected chi connectivity index (χ4v) is 4.04. The molecule has 1 aromatic rings. The molecule has 2 aliphatic rings. The van der Waals surface area contributed by atoms with Crippen LogP contribution in [0.3, 0.4) is 0 Å². The monoisotopic (exact) mass is 272 g/mol. The highest BCUT2D eigenvalue weighted by Crippen LogP contribution is 2.36. The van der Waals surface area contributed by atoms with Crippen molar-refractivity contribution in [2.75, 3.05) is 0 Å². The van der Waals surface area contributed by atoms with E-state index in [1.165, 1.54) is 69.9 Å². The largest absolute Gasteiger partial charge is 0.245 e. The molecule has 2 aliphatic carbocycles. The van der Waals surface area contributed by atoms with Crippen LogP contribution in [0.15, 0.2) is 12.5 Å². The lowest BCUT2D eigenvalue weighted by molar-refractivity contribution is -0.684. The zero-order chi connectivity index (χ0) is 13.8. The summed E-state index contributed by atoms with van der Waals surface area (Å²) in [6, 6.07) is 2.96. The molecule has 1 aromatic heterocycles. The second kappa shape index (κ2) is 6.43. The maximum Gasteiger partial charge on any atom is 0.245 e. The van der Waals surface area contributed by atoms with Gasteiger partial charge in [-0.2, -0.15) is 5.26 Å². The fourth-order valence-electron chi connectivity index (χ4n) is 4.04. The molecule has 0 bridgehead atoms. The summed E-state index contributed by atoms with van der Waals surface area (Å²) in [6.45, 7) is 0.486. The third-order valence-corrected chi connectivity index (χ3v) is 5.11. The predicted molar refractivity (Wildman–Crippen MR) is 78.2 cm³/mol. The molecule has 0 unspecified atom stereocenters. The summed E-state index contributed by atoms with van der Waals surface area (Å²) in [7, 11) is 0. The van der Waals surface area contributed by atoms with Crippen LogP contribution < -0.4 is 4.57 Å². The molecule has 1 heterocycles. The Morgan fingerprint density at radius 2 is 1.70 bits per heavy atom. The molecule has 108 valence electrons. The highest BCUT2D eigenvalue weighted by atomic mass is 15.1. The Labute approximate surface area is 122 Å². The van der Waals surface area contributed by atoms with Gasteiger partial charge in [0, 0.05) is 5.92 Å². The molecule has 0 atom stereocenters. The van der Waals surface area contributed by atoms with Crippen LogP contribution in [0, 0.1) is 11.3 Å². The topological polar surface area (TPSA) is 32.6 Å². The lowest BCUT2D eigenvalue weighted by atomic mass is 9.86. The highest BCUT2D eigenvalue weighted by molar-refractivity contribution is 5.06. The van der Waals surface area contributed by atoms with Gasteiger partial charge in [0.1, 0.15) is 24.0 Å². The summed E-state index contributed by atoms with van der Waals surface area (Å²) in [6.07, 6.45) is 18.1. The Morgan fingerprint density at radius 3 is 2.35 bits per heavy atom. The van der Waals surface area contributed by atoms with Gasteiger partial charge in [0.05, 0.1) is 0 Å². The maximum absolute atomic E-state index is 8.96. The SMILES string of the molecule is N#CC[n+]1cc(C2CCCCC2)n(C2CCCCC2)c1. The van der Waals surface area contributed by atoms with Crippen molar-refractivity contribution in [3.8, 4) is 6.07 Å². The van der Waals surface area contributed by atoms with Crippen LogP contribution in [-0.2, 0) is 6.54 Å². The summed E-state index contributed by atoms with van der Waals surface area (Å²) >= 11 is 0. The standard InChI is InChI=1S/C17H26N3/c18-11-12-19-13-17(15-7-3-1-4-8-15)20(14-19)16-9-5-2-6-10-16/h13-16H,1-10,12H2/q+1. The van der Waals surface area contributed by atoms with Crippen LogP contribution in [0.1, 0.15) is 81.9 Å². The van der Waals surface area contributed by atoms with Crippen LogP contribution in [0.5, 0.6) is 0 Å². The molecular formula is C17H26N3+. The van der Waals surface area contributed by atoms with Crippen LogP contribution in [-0.4, -0.2) is 4.57 Å². The minimum absolute atomic E-state index is 0.486. The van der Waals surface area contributed by atoms with E-state index >= 15 is 0 Å². The first kappa shape index (κ1) is 13.7. The van der Waals surface area contributed by atoms with E-state index in [2.05, 4.69) is 27.7 Å². The van der Waals surface area contributed by atoms with Crippen molar-refractivity contribution in [2.45, 2.75) is 82.7 Å². The van der Waals surface area contributed by atoms with Gasteiger partial charge in [-0.1, -0.05) is 25.7 Å². The first-order valence-corrected chi connectivity index (χ1v) is 8.36. The molecule has 2 fully saturated rings. The Balaban J connectivity index is 1.86. The van der Waals surface area contributed by atoms with E-state index in [4.69, 9.17) is 5.26 Å². The molecule has 3 heteroatoms. The van der Waals surface area contributed by atoms with Gasteiger partial charge in [-0.25, -0.2) is 9.13 Å². The minimum Gasteiger partial charge on any atom is -0.231 e. The van der Waals surface area contributed by atoms with Crippen LogP contribution in [0.25, 0.3) is 0 Å². The Hall–Kier alpha value is -1.30. The van der Waals surface area contributed by atoms with Crippen molar-refractivity contribution < 1.29 is 4.57 Å².